The van der Waals surface area contributed by atoms with Crippen LogP contribution in [0.15, 0.2) is 18.3 Å². The predicted octanol–water partition coefficient (Wildman–Crippen LogP) is 3.93. The van der Waals surface area contributed by atoms with Crippen LogP contribution < -0.4 is 11.1 Å². The second kappa shape index (κ2) is 4.98. The van der Waals surface area contributed by atoms with E-state index in [9.17, 15) is 0 Å². The third-order valence-corrected chi connectivity index (χ3v) is 2.52. The van der Waals surface area contributed by atoms with E-state index in [1.165, 1.54) is 0 Å². The molecule has 0 saturated heterocycles. The van der Waals surface area contributed by atoms with Crippen LogP contribution in [-0.2, 0) is 0 Å². The number of nitrogen functional groups attached to an aromatic ring is 1. The lowest BCUT2D eigenvalue weighted by molar-refractivity contribution is 0.492. The Balaban J connectivity index is 2.83. The lowest BCUT2D eigenvalue weighted by atomic mass is 10.1. The molecule has 0 heterocycles. The minimum Gasteiger partial charge on any atom is -0.396 e. The van der Waals surface area contributed by atoms with Gasteiger partial charge in [0.05, 0.1) is 15.7 Å². The van der Waals surface area contributed by atoms with Crippen molar-refractivity contribution in [2.75, 3.05) is 5.73 Å². The minimum atomic E-state index is 0.0396. The lowest BCUT2D eigenvalue weighted by Gasteiger charge is -2.18. The van der Waals surface area contributed by atoms with Gasteiger partial charge >= 0.3 is 0 Å². The van der Waals surface area contributed by atoms with Crippen LogP contribution in [0.2, 0.25) is 10.0 Å². The Morgan fingerprint density at radius 3 is 2.12 bits per heavy atom. The van der Waals surface area contributed by atoms with Gasteiger partial charge in [0.2, 0.25) is 0 Å². The molecule has 1 aromatic rings. The van der Waals surface area contributed by atoms with Crippen molar-refractivity contribution in [3.63, 3.8) is 0 Å². The molecule has 0 aromatic heterocycles. The van der Waals surface area contributed by atoms with E-state index in [1.807, 2.05) is 12.3 Å². The predicted molar refractivity (Wildman–Crippen MR) is 72.8 cm³/mol. The number of halogens is 2. The van der Waals surface area contributed by atoms with Crippen LogP contribution in [0, 0.1) is 0 Å². The molecule has 0 unspecified atom stereocenters. The molecule has 0 aliphatic rings. The summed E-state index contributed by atoms with van der Waals surface area (Å²) in [6.45, 7) is 6.25. The van der Waals surface area contributed by atoms with Crippen LogP contribution >= 0.6 is 23.2 Å². The van der Waals surface area contributed by atoms with Crippen LogP contribution in [0.4, 0.5) is 5.69 Å². The fourth-order valence-corrected chi connectivity index (χ4v) is 1.59. The van der Waals surface area contributed by atoms with Gasteiger partial charge in [-0.2, -0.15) is 0 Å². The van der Waals surface area contributed by atoms with E-state index in [0.29, 0.717) is 15.7 Å². The molecular weight excluding hydrogens is 243 g/mol. The molecule has 0 amide bonds. The van der Waals surface area contributed by atoms with Crippen molar-refractivity contribution >= 4 is 35.0 Å². The quantitative estimate of drug-likeness (QED) is 0.789. The summed E-state index contributed by atoms with van der Waals surface area (Å²) in [7, 11) is 0. The fraction of sp³-hybridized carbons (Fsp3) is 0.333. The average Bonchev–Trinajstić information content (AvgIpc) is 2.12. The van der Waals surface area contributed by atoms with Crippen molar-refractivity contribution in [2.45, 2.75) is 26.3 Å². The van der Waals surface area contributed by atoms with E-state index in [-0.39, 0.29) is 5.54 Å². The number of nitrogens with two attached hydrogens (primary N) is 1. The standard InChI is InChI=1S/C12H16Cl2N2/c1-12(2,3)16-5-4-8-6-9(13)11(15)10(14)7-8/h4-7,16H,15H2,1-3H3/b5-4+. The molecule has 0 aliphatic carbocycles. The van der Waals surface area contributed by atoms with Gasteiger partial charge in [-0.15, -0.1) is 0 Å². The molecule has 0 fully saturated rings. The van der Waals surface area contributed by atoms with Gasteiger partial charge in [0.15, 0.2) is 0 Å². The largest absolute Gasteiger partial charge is 0.396 e. The number of rotatable bonds is 2. The highest BCUT2D eigenvalue weighted by molar-refractivity contribution is 6.39. The third-order valence-electron chi connectivity index (χ3n) is 1.89. The third kappa shape index (κ3) is 3.95. The first-order valence-corrected chi connectivity index (χ1v) is 5.74. The smallest absolute Gasteiger partial charge is 0.0693 e. The highest BCUT2D eigenvalue weighted by Gasteiger charge is 2.05. The number of hydrogen-bond donors (Lipinski definition) is 2. The van der Waals surface area contributed by atoms with Crippen molar-refractivity contribution in [3.05, 3.63) is 33.9 Å². The normalized spacial score (nSPS) is 12.1. The van der Waals surface area contributed by atoms with Crippen LogP contribution in [0.3, 0.4) is 0 Å². The monoisotopic (exact) mass is 258 g/mol. The highest BCUT2D eigenvalue weighted by Crippen LogP contribution is 2.29. The number of benzene rings is 1. The van der Waals surface area contributed by atoms with Crippen molar-refractivity contribution in [3.8, 4) is 0 Å². The Morgan fingerprint density at radius 2 is 1.69 bits per heavy atom. The van der Waals surface area contributed by atoms with Gasteiger partial charge in [-0.25, -0.2) is 0 Å². The number of hydrogen-bond acceptors (Lipinski definition) is 2. The zero-order chi connectivity index (χ0) is 12.3. The Labute approximate surface area is 106 Å². The van der Waals surface area contributed by atoms with E-state index in [0.717, 1.165) is 5.56 Å². The van der Waals surface area contributed by atoms with Gasteiger partial charge in [0.25, 0.3) is 0 Å². The molecule has 1 aromatic carbocycles. The highest BCUT2D eigenvalue weighted by atomic mass is 35.5. The van der Waals surface area contributed by atoms with Crippen LogP contribution in [-0.4, -0.2) is 5.54 Å². The topological polar surface area (TPSA) is 38.0 Å². The maximum atomic E-state index is 5.92. The number of anilines is 1. The molecule has 0 spiro atoms. The molecule has 0 bridgehead atoms. The van der Waals surface area contributed by atoms with Crippen molar-refractivity contribution in [1.82, 2.24) is 5.32 Å². The first-order chi connectivity index (χ1) is 7.29. The first-order valence-electron chi connectivity index (χ1n) is 4.98. The number of nitrogens with one attached hydrogen (secondary N) is 1. The first kappa shape index (κ1) is 13.2. The molecule has 0 radical (unpaired) electrons. The maximum Gasteiger partial charge on any atom is 0.0693 e. The zero-order valence-corrected chi connectivity index (χ0v) is 11.2. The van der Waals surface area contributed by atoms with Gasteiger partial charge in [0, 0.05) is 5.54 Å². The molecule has 0 saturated carbocycles. The van der Waals surface area contributed by atoms with Crippen molar-refractivity contribution in [2.24, 2.45) is 0 Å². The van der Waals surface area contributed by atoms with E-state index >= 15 is 0 Å². The van der Waals surface area contributed by atoms with Crippen molar-refractivity contribution < 1.29 is 0 Å². The maximum absolute atomic E-state index is 5.92. The van der Waals surface area contributed by atoms with Gasteiger partial charge in [-0.05, 0) is 50.7 Å². The van der Waals surface area contributed by atoms with Crippen LogP contribution in [0.1, 0.15) is 26.3 Å². The van der Waals surface area contributed by atoms with E-state index in [4.69, 9.17) is 28.9 Å². The Bertz CT molecular complexity index is 383. The van der Waals surface area contributed by atoms with Crippen LogP contribution in [0.5, 0.6) is 0 Å². The molecule has 3 N–H and O–H groups in total. The van der Waals surface area contributed by atoms with Gasteiger partial charge in [-0.3, -0.25) is 0 Å². The Hall–Kier alpha value is -0.860. The molecule has 1 rings (SSSR count). The van der Waals surface area contributed by atoms with Crippen LogP contribution in [0.25, 0.3) is 6.08 Å². The fourth-order valence-electron chi connectivity index (χ4n) is 1.09. The Kier molecular flexibility index (Phi) is 4.11. The van der Waals surface area contributed by atoms with Gasteiger partial charge in [0.1, 0.15) is 0 Å². The lowest BCUT2D eigenvalue weighted by Crippen LogP contribution is -2.30. The van der Waals surface area contributed by atoms with Gasteiger partial charge in [-0.1, -0.05) is 23.2 Å². The Morgan fingerprint density at radius 1 is 1.19 bits per heavy atom. The molecular formula is C12H16Cl2N2. The summed E-state index contributed by atoms with van der Waals surface area (Å²) in [4.78, 5) is 0. The summed E-state index contributed by atoms with van der Waals surface area (Å²) in [5, 5.41) is 4.18. The SMILES string of the molecule is CC(C)(C)N/C=C/c1cc(Cl)c(N)c(Cl)c1. The molecule has 0 atom stereocenters. The molecule has 4 heteroatoms. The minimum absolute atomic E-state index is 0.0396. The van der Waals surface area contributed by atoms with E-state index in [2.05, 4.69) is 26.1 Å². The second-order valence-electron chi connectivity index (χ2n) is 4.63. The summed E-state index contributed by atoms with van der Waals surface area (Å²) >= 11 is 11.8. The summed E-state index contributed by atoms with van der Waals surface area (Å²) in [6, 6.07) is 3.56. The summed E-state index contributed by atoms with van der Waals surface area (Å²) in [5.74, 6) is 0. The molecule has 2 nitrogen and oxygen atoms in total. The molecule has 88 valence electrons. The molecule has 16 heavy (non-hydrogen) atoms. The zero-order valence-electron chi connectivity index (χ0n) is 9.64. The van der Waals surface area contributed by atoms with E-state index in [1.54, 1.807) is 12.1 Å². The van der Waals surface area contributed by atoms with Crippen molar-refractivity contribution in [1.29, 1.82) is 0 Å². The summed E-state index contributed by atoms with van der Waals surface area (Å²) < 4.78 is 0. The molecule has 0 aliphatic heterocycles. The average molecular weight is 259 g/mol. The second-order valence-corrected chi connectivity index (χ2v) is 5.44. The summed E-state index contributed by atoms with van der Waals surface area (Å²) in [5.41, 5.74) is 7.02. The van der Waals surface area contributed by atoms with Gasteiger partial charge < -0.3 is 11.1 Å². The summed E-state index contributed by atoms with van der Waals surface area (Å²) in [6.07, 6.45) is 3.78. The van der Waals surface area contributed by atoms with E-state index < -0.39 is 0 Å².